The van der Waals surface area contributed by atoms with Crippen LogP contribution >= 0.6 is 0 Å². The van der Waals surface area contributed by atoms with Crippen LogP contribution in [0.15, 0.2) is 72.8 Å². The average Bonchev–Trinajstić information content (AvgIpc) is 3.83. The number of nitrogens with zero attached hydrogens (tertiary/aromatic N) is 4. The molecule has 0 bridgehead atoms. The Balaban J connectivity index is 1.13. The minimum absolute atomic E-state index is 0.0202. The molecular formula is C28H27N5O2. The van der Waals surface area contributed by atoms with E-state index < -0.39 is 0 Å². The van der Waals surface area contributed by atoms with Gasteiger partial charge in [-0.05, 0) is 73.2 Å². The molecule has 0 spiro atoms. The molecule has 1 aromatic heterocycles. The van der Waals surface area contributed by atoms with Crippen molar-refractivity contribution in [2.24, 2.45) is 0 Å². The normalized spacial score (nSPS) is 15.2. The van der Waals surface area contributed by atoms with Crippen LogP contribution in [0.2, 0.25) is 0 Å². The fraction of sp³-hybridized carbons (Fsp3) is 0.286. The van der Waals surface area contributed by atoms with Crippen molar-refractivity contribution in [2.75, 3.05) is 0 Å². The highest BCUT2D eigenvalue weighted by Gasteiger charge is 2.33. The molecule has 0 saturated heterocycles. The first-order chi connectivity index (χ1) is 17.1. The van der Waals surface area contributed by atoms with Gasteiger partial charge in [0, 0.05) is 29.8 Å². The molecule has 7 nitrogen and oxygen atoms in total. The maximum Gasteiger partial charge on any atom is 0.254 e. The van der Waals surface area contributed by atoms with Crippen LogP contribution in [0.5, 0.6) is 0 Å². The van der Waals surface area contributed by atoms with E-state index in [1.54, 1.807) is 0 Å². The first-order valence-corrected chi connectivity index (χ1v) is 12.2. The fourth-order valence-electron chi connectivity index (χ4n) is 4.33. The van der Waals surface area contributed by atoms with Gasteiger partial charge in [-0.1, -0.05) is 41.6 Å². The molecule has 3 aromatic carbocycles. The van der Waals surface area contributed by atoms with Crippen molar-refractivity contribution in [1.82, 2.24) is 25.2 Å². The molecule has 0 aliphatic heterocycles. The van der Waals surface area contributed by atoms with E-state index in [9.17, 15) is 9.59 Å². The number of hydrogen-bond donors (Lipinski definition) is 1. The molecule has 0 unspecified atom stereocenters. The first-order valence-electron chi connectivity index (χ1n) is 12.2. The number of para-hydroxylation sites is 1. The minimum atomic E-state index is -0.0202. The topological polar surface area (TPSA) is 80.1 Å². The lowest BCUT2D eigenvalue weighted by molar-refractivity contribution is 0.0729. The number of carbonyl (C=O) groups is 2. The van der Waals surface area contributed by atoms with E-state index in [2.05, 4.69) is 15.6 Å². The first kappa shape index (κ1) is 21.5. The molecule has 2 saturated carbocycles. The van der Waals surface area contributed by atoms with E-state index in [0.29, 0.717) is 30.3 Å². The van der Waals surface area contributed by atoms with Gasteiger partial charge in [0.2, 0.25) is 0 Å². The van der Waals surface area contributed by atoms with Crippen LogP contribution in [0.25, 0.3) is 11.0 Å². The van der Waals surface area contributed by atoms with Crippen molar-refractivity contribution in [3.05, 3.63) is 95.1 Å². The standard InChI is InChI=1S/C28H27N5O2/c34-27(29-23-13-14-23)21-9-5-19(6-10-21)17-32(24-15-16-24)28(35)22-11-7-20(8-12-22)18-33-26-4-2-1-3-25(26)30-31-33/h1-12,23-24H,13-18H2,(H,29,34). The molecule has 6 rings (SSSR count). The Kier molecular flexibility index (Phi) is 5.52. The summed E-state index contributed by atoms with van der Waals surface area (Å²) in [5, 5.41) is 11.5. The zero-order valence-corrected chi connectivity index (χ0v) is 19.4. The number of carbonyl (C=O) groups excluding carboxylic acids is 2. The Morgan fingerprint density at radius 3 is 2.26 bits per heavy atom. The van der Waals surface area contributed by atoms with Crippen molar-refractivity contribution in [1.29, 1.82) is 0 Å². The molecule has 0 radical (unpaired) electrons. The predicted octanol–water partition coefficient (Wildman–Crippen LogP) is 4.18. The number of benzene rings is 3. The van der Waals surface area contributed by atoms with Crippen LogP contribution in [-0.4, -0.2) is 43.8 Å². The number of fused-ring (bicyclic) bond motifs is 1. The van der Waals surface area contributed by atoms with Gasteiger partial charge >= 0.3 is 0 Å². The van der Waals surface area contributed by atoms with Gasteiger partial charge in [0.15, 0.2) is 0 Å². The third kappa shape index (κ3) is 4.80. The second-order valence-corrected chi connectivity index (χ2v) is 9.54. The smallest absolute Gasteiger partial charge is 0.254 e. The highest BCUT2D eigenvalue weighted by Crippen LogP contribution is 2.30. The van der Waals surface area contributed by atoms with Crippen molar-refractivity contribution < 1.29 is 9.59 Å². The summed E-state index contributed by atoms with van der Waals surface area (Å²) in [6, 6.07) is 23.9. The number of amides is 2. The van der Waals surface area contributed by atoms with Gasteiger partial charge in [-0.25, -0.2) is 4.68 Å². The lowest BCUT2D eigenvalue weighted by atomic mass is 10.1. The van der Waals surface area contributed by atoms with Crippen LogP contribution in [0.1, 0.15) is 57.5 Å². The largest absolute Gasteiger partial charge is 0.349 e. The summed E-state index contributed by atoms with van der Waals surface area (Å²) < 4.78 is 1.87. The molecule has 7 heteroatoms. The monoisotopic (exact) mass is 465 g/mol. The molecule has 0 atom stereocenters. The van der Waals surface area contributed by atoms with E-state index in [1.807, 2.05) is 82.4 Å². The Morgan fingerprint density at radius 1 is 0.857 bits per heavy atom. The maximum absolute atomic E-state index is 13.4. The van der Waals surface area contributed by atoms with Crippen LogP contribution in [0.4, 0.5) is 0 Å². The Labute approximate surface area is 203 Å². The van der Waals surface area contributed by atoms with Crippen molar-refractivity contribution in [3.8, 4) is 0 Å². The fourth-order valence-corrected chi connectivity index (χ4v) is 4.33. The van der Waals surface area contributed by atoms with E-state index in [4.69, 9.17) is 0 Å². The molecule has 2 fully saturated rings. The SMILES string of the molecule is O=C(NC1CC1)c1ccc(CN(C(=O)c2ccc(Cn3nnc4ccccc43)cc2)C2CC2)cc1. The Bertz CT molecular complexity index is 1370. The number of aromatic nitrogens is 3. The zero-order valence-electron chi connectivity index (χ0n) is 19.4. The summed E-state index contributed by atoms with van der Waals surface area (Å²) in [6.45, 7) is 1.14. The molecule has 1 N–H and O–H groups in total. The summed E-state index contributed by atoms with van der Waals surface area (Å²) in [7, 11) is 0. The number of nitrogens with one attached hydrogen (secondary N) is 1. The molecule has 35 heavy (non-hydrogen) atoms. The van der Waals surface area contributed by atoms with E-state index in [-0.39, 0.29) is 17.9 Å². The maximum atomic E-state index is 13.4. The molecule has 4 aromatic rings. The lowest BCUT2D eigenvalue weighted by Gasteiger charge is -2.23. The highest BCUT2D eigenvalue weighted by atomic mass is 16.2. The van der Waals surface area contributed by atoms with Crippen LogP contribution in [0, 0.1) is 0 Å². The summed E-state index contributed by atoms with van der Waals surface area (Å²) in [5.74, 6) is 0.0222. The van der Waals surface area contributed by atoms with E-state index in [0.717, 1.165) is 47.8 Å². The molecular weight excluding hydrogens is 438 g/mol. The van der Waals surface area contributed by atoms with Gasteiger partial charge in [-0.3, -0.25) is 9.59 Å². The van der Waals surface area contributed by atoms with Crippen molar-refractivity contribution >= 4 is 22.8 Å². The second-order valence-electron chi connectivity index (χ2n) is 9.54. The summed E-state index contributed by atoms with van der Waals surface area (Å²) in [5.41, 5.74) is 5.31. The second kappa shape index (κ2) is 8.98. The van der Waals surface area contributed by atoms with Crippen molar-refractivity contribution in [2.45, 2.75) is 50.9 Å². The minimum Gasteiger partial charge on any atom is -0.349 e. The number of hydrogen-bond acceptors (Lipinski definition) is 4. The number of rotatable bonds is 8. The van der Waals surface area contributed by atoms with Gasteiger partial charge < -0.3 is 10.2 Å². The summed E-state index contributed by atoms with van der Waals surface area (Å²) in [6.07, 6.45) is 4.21. The van der Waals surface area contributed by atoms with Crippen molar-refractivity contribution in [3.63, 3.8) is 0 Å². The van der Waals surface area contributed by atoms with E-state index in [1.165, 1.54) is 0 Å². The highest BCUT2D eigenvalue weighted by molar-refractivity contribution is 5.95. The van der Waals surface area contributed by atoms with Gasteiger partial charge in [-0.15, -0.1) is 5.10 Å². The average molecular weight is 466 g/mol. The van der Waals surface area contributed by atoms with Crippen LogP contribution < -0.4 is 5.32 Å². The van der Waals surface area contributed by atoms with Crippen LogP contribution in [0.3, 0.4) is 0 Å². The third-order valence-electron chi connectivity index (χ3n) is 6.68. The zero-order chi connectivity index (χ0) is 23.8. The third-order valence-corrected chi connectivity index (χ3v) is 6.68. The van der Waals surface area contributed by atoms with Gasteiger partial charge in [-0.2, -0.15) is 0 Å². The lowest BCUT2D eigenvalue weighted by Crippen LogP contribution is -2.32. The molecule has 1 heterocycles. The van der Waals surface area contributed by atoms with Gasteiger partial charge in [0.1, 0.15) is 5.52 Å². The van der Waals surface area contributed by atoms with Gasteiger partial charge in [0.25, 0.3) is 11.8 Å². The Morgan fingerprint density at radius 2 is 1.54 bits per heavy atom. The predicted molar refractivity (Wildman–Crippen MR) is 133 cm³/mol. The summed E-state index contributed by atoms with van der Waals surface area (Å²) in [4.78, 5) is 27.6. The Hall–Kier alpha value is -4.00. The summed E-state index contributed by atoms with van der Waals surface area (Å²) >= 11 is 0. The molecule has 176 valence electrons. The quantitative estimate of drug-likeness (QED) is 0.423. The van der Waals surface area contributed by atoms with E-state index >= 15 is 0 Å². The van der Waals surface area contributed by atoms with Gasteiger partial charge in [0.05, 0.1) is 12.1 Å². The molecule has 2 aliphatic rings. The molecule has 2 aliphatic carbocycles. The molecule has 2 amide bonds. The van der Waals surface area contributed by atoms with Crippen LogP contribution in [-0.2, 0) is 13.1 Å².